The van der Waals surface area contributed by atoms with Crippen LogP contribution in [0.15, 0.2) is 35.3 Å². The second-order valence-corrected chi connectivity index (χ2v) is 4.44. The zero-order valence-corrected chi connectivity index (χ0v) is 10.2. The Bertz CT molecular complexity index is 587. The van der Waals surface area contributed by atoms with Crippen molar-refractivity contribution in [1.82, 2.24) is 4.98 Å². The van der Waals surface area contributed by atoms with Gasteiger partial charge in [0, 0.05) is 21.8 Å². The van der Waals surface area contributed by atoms with Gasteiger partial charge in [0.1, 0.15) is 0 Å². The number of rotatable bonds is 2. The van der Waals surface area contributed by atoms with Gasteiger partial charge in [-0.3, -0.25) is 4.79 Å². The van der Waals surface area contributed by atoms with E-state index in [1.807, 2.05) is 0 Å². The predicted octanol–water partition coefficient (Wildman–Crippen LogP) is 2.84. The van der Waals surface area contributed by atoms with E-state index in [0.29, 0.717) is 26.7 Å². The summed E-state index contributed by atoms with van der Waals surface area (Å²) in [7, 11) is 0. The number of benzene rings is 1. The minimum Gasteiger partial charge on any atom is -0.392 e. The second-order valence-electron chi connectivity index (χ2n) is 3.57. The first-order valence-electron chi connectivity index (χ1n) is 4.89. The van der Waals surface area contributed by atoms with E-state index in [1.165, 1.54) is 6.20 Å². The van der Waals surface area contributed by atoms with Gasteiger partial charge < -0.3 is 10.1 Å². The van der Waals surface area contributed by atoms with Gasteiger partial charge in [-0.2, -0.15) is 0 Å². The van der Waals surface area contributed by atoms with E-state index >= 15 is 0 Å². The van der Waals surface area contributed by atoms with E-state index in [-0.39, 0.29) is 12.2 Å². The van der Waals surface area contributed by atoms with Crippen LogP contribution in [0.1, 0.15) is 5.56 Å². The molecule has 3 nitrogen and oxygen atoms in total. The van der Waals surface area contributed by atoms with Gasteiger partial charge in [-0.15, -0.1) is 0 Å². The normalized spacial score (nSPS) is 10.5. The third-order valence-electron chi connectivity index (χ3n) is 2.32. The van der Waals surface area contributed by atoms with E-state index in [9.17, 15) is 4.79 Å². The van der Waals surface area contributed by atoms with Gasteiger partial charge in [0.15, 0.2) is 0 Å². The molecule has 0 aliphatic rings. The summed E-state index contributed by atoms with van der Waals surface area (Å²) in [6.07, 6.45) is 1.47. The maximum absolute atomic E-state index is 11.7. The molecule has 0 aliphatic heterocycles. The summed E-state index contributed by atoms with van der Waals surface area (Å²) in [6, 6.07) is 6.51. The van der Waals surface area contributed by atoms with Gasteiger partial charge in [0.2, 0.25) is 0 Å². The molecule has 0 radical (unpaired) electrons. The molecule has 88 valence electrons. The smallest absolute Gasteiger partial charge is 0.255 e. The molecule has 0 saturated heterocycles. The largest absolute Gasteiger partial charge is 0.392 e. The molecule has 0 fully saturated rings. The predicted molar refractivity (Wildman–Crippen MR) is 68.4 cm³/mol. The minimum absolute atomic E-state index is 0.141. The quantitative estimate of drug-likeness (QED) is 0.881. The lowest BCUT2D eigenvalue weighted by Crippen LogP contribution is -2.09. The lowest BCUT2D eigenvalue weighted by atomic mass is 10.1. The molecule has 0 amide bonds. The summed E-state index contributed by atoms with van der Waals surface area (Å²) < 4.78 is 0. The van der Waals surface area contributed by atoms with Crippen molar-refractivity contribution in [2.75, 3.05) is 0 Å². The van der Waals surface area contributed by atoms with Crippen LogP contribution in [0.2, 0.25) is 10.0 Å². The van der Waals surface area contributed by atoms with Crippen molar-refractivity contribution >= 4 is 23.2 Å². The maximum atomic E-state index is 11.7. The average molecular weight is 270 g/mol. The highest BCUT2D eigenvalue weighted by Gasteiger charge is 2.06. The van der Waals surface area contributed by atoms with Gasteiger partial charge >= 0.3 is 0 Å². The van der Waals surface area contributed by atoms with Crippen LogP contribution in [-0.2, 0) is 6.61 Å². The molecule has 0 spiro atoms. The number of aromatic nitrogens is 1. The third kappa shape index (κ3) is 2.69. The first-order valence-corrected chi connectivity index (χ1v) is 5.64. The van der Waals surface area contributed by atoms with Crippen molar-refractivity contribution in [3.63, 3.8) is 0 Å². The van der Waals surface area contributed by atoms with Gasteiger partial charge in [0.05, 0.1) is 6.61 Å². The number of aliphatic hydroxyl groups excluding tert-OH is 1. The molecule has 2 N–H and O–H groups in total. The highest BCUT2D eigenvalue weighted by atomic mass is 35.5. The molecular formula is C12H9Cl2NO2. The standard InChI is InChI=1S/C12H9Cl2NO2/c13-9-2-8(3-10(14)4-9)11-1-7(6-16)5-15-12(11)17/h1-5,16H,6H2,(H,15,17). The Morgan fingerprint density at radius 2 is 1.76 bits per heavy atom. The Labute approximate surface area is 108 Å². The van der Waals surface area contributed by atoms with Gasteiger partial charge in [-0.05, 0) is 35.4 Å². The fourth-order valence-corrected chi connectivity index (χ4v) is 2.07. The number of hydrogen-bond donors (Lipinski definition) is 2. The third-order valence-corrected chi connectivity index (χ3v) is 2.76. The van der Waals surface area contributed by atoms with Crippen LogP contribution in [0.3, 0.4) is 0 Å². The van der Waals surface area contributed by atoms with Crippen LogP contribution >= 0.6 is 23.2 Å². The van der Waals surface area contributed by atoms with Crippen LogP contribution in [0.4, 0.5) is 0 Å². The first-order chi connectivity index (χ1) is 8.10. The summed E-state index contributed by atoms with van der Waals surface area (Å²) in [6.45, 7) is -0.141. The fraction of sp³-hybridized carbons (Fsp3) is 0.0833. The van der Waals surface area contributed by atoms with Crippen molar-refractivity contribution in [1.29, 1.82) is 0 Å². The number of pyridine rings is 1. The van der Waals surface area contributed by atoms with Crippen LogP contribution in [0, 0.1) is 0 Å². The minimum atomic E-state index is -0.250. The zero-order chi connectivity index (χ0) is 12.4. The maximum Gasteiger partial charge on any atom is 0.255 e. The molecule has 5 heteroatoms. The SMILES string of the molecule is O=c1[nH]cc(CO)cc1-c1cc(Cl)cc(Cl)c1. The molecule has 2 rings (SSSR count). The molecule has 0 aliphatic carbocycles. The number of aromatic amines is 1. The molecule has 0 saturated carbocycles. The van der Waals surface area contributed by atoms with E-state index in [1.54, 1.807) is 24.3 Å². The molecule has 1 aromatic carbocycles. The highest BCUT2D eigenvalue weighted by molar-refractivity contribution is 6.35. The molecule has 0 atom stereocenters. The van der Waals surface area contributed by atoms with Crippen LogP contribution in [0.25, 0.3) is 11.1 Å². The Hall–Kier alpha value is -1.29. The molecule has 0 bridgehead atoms. The van der Waals surface area contributed by atoms with Crippen molar-refractivity contribution < 1.29 is 5.11 Å². The van der Waals surface area contributed by atoms with Gasteiger partial charge in [-0.25, -0.2) is 0 Å². The molecule has 1 heterocycles. The van der Waals surface area contributed by atoms with Crippen molar-refractivity contribution in [3.05, 3.63) is 56.4 Å². The lowest BCUT2D eigenvalue weighted by Gasteiger charge is -2.04. The van der Waals surface area contributed by atoms with E-state index < -0.39 is 0 Å². The number of halogens is 2. The van der Waals surface area contributed by atoms with Crippen molar-refractivity contribution in [2.24, 2.45) is 0 Å². The lowest BCUT2D eigenvalue weighted by molar-refractivity contribution is 0.281. The summed E-state index contributed by atoms with van der Waals surface area (Å²) in [4.78, 5) is 14.2. The Kier molecular flexibility index (Phi) is 3.52. The average Bonchev–Trinajstić information content (AvgIpc) is 2.28. The second kappa shape index (κ2) is 4.92. The Morgan fingerprint density at radius 3 is 2.35 bits per heavy atom. The van der Waals surface area contributed by atoms with Crippen molar-refractivity contribution in [2.45, 2.75) is 6.61 Å². The van der Waals surface area contributed by atoms with Crippen molar-refractivity contribution in [3.8, 4) is 11.1 Å². The molecular weight excluding hydrogens is 261 g/mol. The number of aliphatic hydroxyl groups is 1. The summed E-state index contributed by atoms with van der Waals surface area (Å²) >= 11 is 11.8. The molecule has 0 unspecified atom stereocenters. The topological polar surface area (TPSA) is 53.1 Å². The first kappa shape index (κ1) is 12.2. The Balaban J connectivity index is 2.63. The number of nitrogens with one attached hydrogen (secondary N) is 1. The summed E-state index contributed by atoms with van der Waals surface area (Å²) in [5.41, 5.74) is 1.43. The fourth-order valence-electron chi connectivity index (χ4n) is 1.54. The van der Waals surface area contributed by atoms with Gasteiger partial charge in [0.25, 0.3) is 5.56 Å². The molecule has 1 aromatic heterocycles. The Morgan fingerprint density at radius 1 is 1.12 bits per heavy atom. The van der Waals surface area contributed by atoms with Crippen LogP contribution in [-0.4, -0.2) is 10.1 Å². The monoisotopic (exact) mass is 269 g/mol. The number of hydrogen-bond acceptors (Lipinski definition) is 2. The van der Waals surface area contributed by atoms with E-state index in [4.69, 9.17) is 28.3 Å². The highest BCUT2D eigenvalue weighted by Crippen LogP contribution is 2.25. The zero-order valence-electron chi connectivity index (χ0n) is 8.71. The van der Waals surface area contributed by atoms with E-state index in [0.717, 1.165) is 0 Å². The van der Waals surface area contributed by atoms with Gasteiger partial charge in [-0.1, -0.05) is 23.2 Å². The van der Waals surface area contributed by atoms with Crippen LogP contribution in [0.5, 0.6) is 0 Å². The van der Waals surface area contributed by atoms with E-state index in [2.05, 4.69) is 4.98 Å². The van der Waals surface area contributed by atoms with Crippen LogP contribution < -0.4 is 5.56 Å². The molecule has 17 heavy (non-hydrogen) atoms. The summed E-state index contributed by atoms with van der Waals surface area (Å²) in [5.74, 6) is 0. The molecule has 2 aromatic rings. The number of H-pyrrole nitrogens is 1. The summed E-state index contributed by atoms with van der Waals surface area (Å²) in [5, 5.41) is 9.95.